The second-order valence-corrected chi connectivity index (χ2v) is 9.78. The fourth-order valence-corrected chi connectivity index (χ4v) is 5.06. The highest BCUT2D eigenvalue weighted by molar-refractivity contribution is 6.33. The smallest absolute Gasteiger partial charge is 0.255 e. The molecule has 182 valence electrons. The van der Waals surface area contributed by atoms with Crippen LogP contribution < -0.4 is 5.32 Å². The van der Waals surface area contributed by atoms with Crippen LogP contribution in [0.25, 0.3) is 0 Å². The Morgan fingerprint density at radius 2 is 1.50 bits per heavy atom. The number of benzene rings is 2. The molecule has 2 fully saturated rings. The summed E-state index contributed by atoms with van der Waals surface area (Å²) in [6.45, 7) is 8.17. The van der Waals surface area contributed by atoms with Gasteiger partial charge in [-0.05, 0) is 36.5 Å². The van der Waals surface area contributed by atoms with Gasteiger partial charge in [0.15, 0.2) is 0 Å². The molecule has 6 nitrogen and oxygen atoms in total. The van der Waals surface area contributed by atoms with Gasteiger partial charge in [-0.3, -0.25) is 19.4 Å². The van der Waals surface area contributed by atoms with E-state index in [4.69, 9.17) is 11.6 Å². The zero-order valence-corrected chi connectivity index (χ0v) is 20.6. The molecule has 2 saturated heterocycles. The summed E-state index contributed by atoms with van der Waals surface area (Å²) in [5.74, 6) is 0.438. The number of hydrogen-bond donors (Lipinski definition) is 1. The quantitative estimate of drug-likeness (QED) is 0.625. The van der Waals surface area contributed by atoms with Crippen molar-refractivity contribution < 1.29 is 9.59 Å². The fraction of sp³-hybridized carbons (Fsp3) is 0.481. The van der Waals surface area contributed by atoms with Gasteiger partial charge in [-0.2, -0.15) is 0 Å². The Morgan fingerprint density at radius 1 is 0.853 bits per heavy atom. The van der Waals surface area contributed by atoms with Gasteiger partial charge in [-0.15, -0.1) is 0 Å². The highest BCUT2D eigenvalue weighted by atomic mass is 35.5. The normalized spacial score (nSPS) is 18.1. The number of nitrogens with zero attached hydrogens (tertiary/aromatic N) is 3. The van der Waals surface area contributed by atoms with Crippen LogP contribution in [0.3, 0.4) is 0 Å². The third-order valence-corrected chi connectivity index (χ3v) is 7.27. The first-order chi connectivity index (χ1) is 16.6. The van der Waals surface area contributed by atoms with E-state index in [9.17, 15) is 9.59 Å². The number of rotatable bonds is 8. The minimum atomic E-state index is -0.0163. The lowest BCUT2D eigenvalue weighted by Crippen LogP contribution is -2.48. The molecule has 4 rings (SSSR count). The average Bonchev–Trinajstić information content (AvgIpc) is 2.86. The van der Waals surface area contributed by atoms with Crippen molar-refractivity contribution in [3.05, 3.63) is 70.7 Å². The van der Waals surface area contributed by atoms with Crippen LogP contribution in [0.5, 0.6) is 0 Å². The second kappa shape index (κ2) is 12.3. The standard InChI is InChI=1S/C27H35ClN4O2/c28-25-9-5-4-8-24(25)27(34)32-13-10-22(11-14-32)20-26(33)29-12-15-30-16-18-31(19-17-30)21-23-6-2-1-3-7-23/h1-9,22H,10-21H2,(H,29,33). The second-order valence-electron chi connectivity index (χ2n) is 9.37. The first-order valence-electron chi connectivity index (χ1n) is 12.4. The summed E-state index contributed by atoms with van der Waals surface area (Å²) >= 11 is 6.17. The maximum Gasteiger partial charge on any atom is 0.255 e. The largest absolute Gasteiger partial charge is 0.355 e. The van der Waals surface area contributed by atoms with Crippen LogP contribution in [0.15, 0.2) is 54.6 Å². The van der Waals surface area contributed by atoms with Crippen LogP contribution in [0.4, 0.5) is 0 Å². The first kappa shape index (κ1) is 24.7. The van der Waals surface area contributed by atoms with Crippen molar-refractivity contribution in [2.45, 2.75) is 25.8 Å². The Bertz CT molecular complexity index is 939. The van der Waals surface area contributed by atoms with E-state index in [1.165, 1.54) is 5.56 Å². The Kier molecular flexibility index (Phi) is 8.97. The summed E-state index contributed by atoms with van der Waals surface area (Å²) in [4.78, 5) is 31.9. The molecule has 0 spiro atoms. The monoisotopic (exact) mass is 482 g/mol. The lowest BCUT2D eigenvalue weighted by atomic mass is 9.93. The number of piperidine rings is 1. The van der Waals surface area contributed by atoms with E-state index in [0.29, 0.717) is 42.6 Å². The highest BCUT2D eigenvalue weighted by Crippen LogP contribution is 2.24. The summed E-state index contributed by atoms with van der Waals surface area (Å²) in [6, 6.07) is 17.8. The lowest BCUT2D eigenvalue weighted by Gasteiger charge is -2.34. The molecule has 2 aliphatic rings. The van der Waals surface area contributed by atoms with Crippen molar-refractivity contribution in [1.82, 2.24) is 20.0 Å². The number of hydrogen-bond acceptors (Lipinski definition) is 4. The van der Waals surface area contributed by atoms with Crippen molar-refractivity contribution >= 4 is 23.4 Å². The lowest BCUT2D eigenvalue weighted by molar-refractivity contribution is -0.122. The van der Waals surface area contributed by atoms with E-state index in [2.05, 4.69) is 45.4 Å². The summed E-state index contributed by atoms with van der Waals surface area (Å²) in [6.07, 6.45) is 2.25. The van der Waals surface area contributed by atoms with Gasteiger partial charge < -0.3 is 10.2 Å². The highest BCUT2D eigenvalue weighted by Gasteiger charge is 2.26. The zero-order chi connectivity index (χ0) is 23.8. The van der Waals surface area contributed by atoms with E-state index in [0.717, 1.165) is 52.1 Å². The number of carbonyl (C=O) groups excluding carboxylic acids is 2. The Labute approximate surface area is 207 Å². The van der Waals surface area contributed by atoms with Crippen molar-refractivity contribution in [3.8, 4) is 0 Å². The summed E-state index contributed by atoms with van der Waals surface area (Å²) in [7, 11) is 0. The Hall–Kier alpha value is -2.41. The molecule has 7 heteroatoms. The van der Waals surface area contributed by atoms with E-state index in [1.807, 2.05) is 17.0 Å². The molecule has 2 aromatic rings. The number of likely N-dealkylation sites (tertiary alicyclic amines) is 1. The molecule has 1 N–H and O–H groups in total. The number of nitrogens with one attached hydrogen (secondary N) is 1. The van der Waals surface area contributed by atoms with E-state index in [-0.39, 0.29) is 11.8 Å². The summed E-state index contributed by atoms with van der Waals surface area (Å²) in [5, 5.41) is 3.60. The van der Waals surface area contributed by atoms with E-state index < -0.39 is 0 Å². The minimum absolute atomic E-state index is 0.0163. The van der Waals surface area contributed by atoms with Gasteiger partial charge in [0, 0.05) is 65.3 Å². The van der Waals surface area contributed by atoms with Crippen LogP contribution in [0.2, 0.25) is 5.02 Å². The van der Waals surface area contributed by atoms with Crippen molar-refractivity contribution in [2.24, 2.45) is 5.92 Å². The first-order valence-corrected chi connectivity index (χ1v) is 12.8. The molecule has 0 radical (unpaired) electrons. The molecule has 0 aromatic heterocycles. The van der Waals surface area contributed by atoms with Gasteiger partial charge >= 0.3 is 0 Å². The molecule has 0 atom stereocenters. The van der Waals surface area contributed by atoms with Crippen LogP contribution >= 0.6 is 11.6 Å². The fourth-order valence-electron chi connectivity index (χ4n) is 4.85. The summed E-state index contributed by atoms with van der Waals surface area (Å²) in [5.41, 5.74) is 1.92. The molecular weight excluding hydrogens is 448 g/mol. The van der Waals surface area contributed by atoms with Crippen molar-refractivity contribution in [1.29, 1.82) is 0 Å². The van der Waals surface area contributed by atoms with Crippen LogP contribution in [0.1, 0.15) is 35.2 Å². The third-order valence-electron chi connectivity index (χ3n) is 6.94. The minimum Gasteiger partial charge on any atom is -0.355 e. The number of halogens is 1. The molecule has 34 heavy (non-hydrogen) atoms. The molecule has 2 amide bonds. The number of piperazine rings is 1. The Morgan fingerprint density at radius 3 is 2.21 bits per heavy atom. The van der Waals surface area contributed by atoms with E-state index in [1.54, 1.807) is 12.1 Å². The van der Waals surface area contributed by atoms with Crippen molar-refractivity contribution in [3.63, 3.8) is 0 Å². The molecule has 0 saturated carbocycles. The topological polar surface area (TPSA) is 55.9 Å². The molecular formula is C27H35ClN4O2. The number of amides is 2. The van der Waals surface area contributed by atoms with Crippen molar-refractivity contribution in [2.75, 3.05) is 52.4 Å². The summed E-state index contributed by atoms with van der Waals surface area (Å²) < 4.78 is 0. The maximum absolute atomic E-state index is 12.7. The van der Waals surface area contributed by atoms with Gasteiger partial charge in [0.25, 0.3) is 5.91 Å². The molecule has 2 aliphatic heterocycles. The molecule has 2 heterocycles. The van der Waals surface area contributed by atoms with E-state index >= 15 is 0 Å². The number of carbonyl (C=O) groups is 2. The molecule has 2 aromatic carbocycles. The van der Waals surface area contributed by atoms with Gasteiger partial charge in [0.05, 0.1) is 10.6 Å². The van der Waals surface area contributed by atoms with Gasteiger partial charge in [0.1, 0.15) is 0 Å². The predicted molar refractivity (Wildman–Crippen MR) is 136 cm³/mol. The maximum atomic E-state index is 12.7. The molecule has 0 bridgehead atoms. The Balaban J connectivity index is 1.09. The van der Waals surface area contributed by atoms with Gasteiger partial charge in [-0.25, -0.2) is 0 Å². The van der Waals surface area contributed by atoms with Crippen LogP contribution in [-0.4, -0.2) is 78.9 Å². The zero-order valence-electron chi connectivity index (χ0n) is 19.8. The molecule has 0 aliphatic carbocycles. The SMILES string of the molecule is O=C(CC1CCN(C(=O)c2ccccc2Cl)CC1)NCCN1CCN(Cc2ccccc2)CC1. The van der Waals surface area contributed by atoms with Crippen LogP contribution in [0, 0.1) is 5.92 Å². The predicted octanol–water partition coefficient (Wildman–Crippen LogP) is 3.52. The van der Waals surface area contributed by atoms with Crippen LogP contribution in [-0.2, 0) is 11.3 Å². The van der Waals surface area contributed by atoms with Gasteiger partial charge in [0.2, 0.25) is 5.91 Å². The average molecular weight is 483 g/mol. The molecule has 0 unspecified atom stereocenters. The van der Waals surface area contributed by atoms with Gasteiger partial charge in [-0.1, -0.05) is 54.1 Å². The third kappa shape index (κ3) is 7.05.